The Labute approximate surface area is 175 Å². The summed E-state index contributed by atoms with van der Waals surface area (Å²) in [6, 6.07) is 9.16. The third-order valence-corrected chi connectivity index (χ3v) is 6.33. The van der Waals surface area contributed by atoms with E-state index in [-0.39, 0.29) is 30.8 Å². The van der Waals surface area contributed by atoms with Crippen LogP contribution < -0.4 is 11.1 Å². The van der Waals surface area contributed by atoms with E-state index in [1.54, 1.807) is 17.0 Å². The summed E-state index contributed by atoms with van der Waals surface area (Å²) in [5.41, 5.74) is 7.61. The normalized spacial score (nSPS) is 13.4. The summed E-state index contributed by atoms with van der Waals surface area (Å²) in [6.45, 7) is 3.87. The van der Waals surface area contributed by atoms with Gasteiger partial charge in [-0.25, -0.2) is 0 Å². The van der Waals surface area contributed by atoms with Gasteiger partial charge in [0.2, 0.25) is 11.8 Å². The number of primary amides is 1. The number of nitrogens with one attached hydrogen (secondary N) is 1. The molecule has 7 heteroatoms. The van der Waals surface area contributed by atoms with Crippen molar-refractivity contribution in [2.24, 2.45) is 5.73 Å². The SMILES string of the molecule is CC(C)N(CC(N)=O)CC(=O)Nc1sc2c(c1C(=O)c1ccccc1)CCCC2. The van der Waals surface area contributed by atoms with E-state index in [1.807, 2.05) is 32.0 Å². The van der Waals surface area contributed by atoms with Gasteiger partial charge < -0.3 is 11.1 Å². The highest BCUT2D eigenvalue weighted by molar-refractivity contribution is 7.17. The minimum Gasteiger partial charge on any atom is -0.369 e. The smallest absolute Gasteiger partial charge is 0.239 e. The van der Waals surface area contributed by atoms with Crippen molar-refractivity contribution in [3.8, 4) is 0 Å². The fraction of sp³-hybridized carbons (Fsp3) is 0.409. The van der Waals surface area contributed by atoms with Gasteiger partial charge in [0.05, 0.1) is 18.7 Å². The molecule has 1 aromatic heterocycles. The quantitative estimate of drug-likeness (QED) is 0.651. The first-order valence-corrected chi connectivity index (χ1v) is 10.7. The minimum atomic E-state index is -0.474. The number of nitrogens with zero attached hydrogens (tertiary/aromatic N) is 1. The van der Waals surface area contributed by atoms with Gasteiger partial charge in [-0.3, -0.25) is 19.3 Å². The van der Waals surface area contributed by atoms with Crippen LogP contribution in [0, 0.1) is 0 Å². The van der Waals surface area contributed by atoms with Crippen molar-refractivity contribution in [3.05, 3.63) is 51.9 Å². The molecule has 0 bridgehead atoms. The molecular weight excluding hydrogens is 386 g/mol. The van der Waals surface area contributed by atoms with E-state index in [2.05, 4.69) is 5.32 Å². The summed E-state index contributed by atoms with van der Waals surface area (Å²) < 4.78 is 0. The van der Waals surface area contributed by atoms with Crippen molar-refractivity contribution in [2.75, 3.05) is 18.4 Å². The average Bonchev–Trinajstić information content (AvgIpc) is 3.04. The fourth-order valence-corrected chi connectivity index (χ4v) is 4.90. The Morgan fingerprint density at radius 1 is 1.10 bits per heavy atom. The Kier molecular flexibility index (Phi) is 6.82. The molecule has 6 nitrogen and oxygen atoms in total. The van der Waals surface area contributed by atoms with Crippen molar-refractivity contribution < 1.29 is 14.4 Å². The number of aryl methyl sites for hydroxylation is 1. The molecule has 0 atom stereocenters. The zero-order valence-corrected chi connectivity index (χ0v) is 17.7. The number of carbonyl (C=O) groups is 3. The maximum atomic E-state index is 13.2. The van der Waals surface area contributed by atoms with Gasteiger partial charge in [-0.1, -0.05) is 30.3 Å². The van der Waals surface area contributed by atoms with E-state index in [1.165, 1.54) is 16.2 Å². The van der Waals surface area contributed by atoms with Crippen LogP contribution in [0.25, 0.3) is 0 Å². The number of anilines is 1. The number of rotatable bonds is 8. The van der Waals surface area contributed by atoms with Gasteiger partial charge in [-0.15, -0.1) is 11.3 Å². The van der Waals surface area contributed by atoms with Crippen LogP contribution in [0.4, 0.5) is 5.00 Å². The summed E-state index contributed by atoms with van der Waals surface area (Å²) >= 11 is 1.50. The van der Waals surface area contributed by atoms with Gasteiger partial charge in [0.15, 0.2) is 5.78 Å². The molecule has 29 heavy (non-hydrogen) atoms. The van der Waals surface area contributed by atoms with Crippen LogP contribution >= 0.6 is 11.3 Å². The Hall–Kier alpha value is -2.51. The monoisotopic (exact) mass is 413 g/mol. The van der Waals surface area contributed by atoms with E-state index in [4.69, 9.17) is 5.73 Å². The molecule has 0 fully saturated rings. The van der Waals surface area contributed by atoms with Gasteiger partial charge in [0, 0.05) is 16.5 Å². The van der Waals surface area contributed by atoms with E-state index >= 15 is 0 Å². The lowest BCUT2D eigenvalue weighted by Gasteiger charge is -2.24. The number of thiophene rings is 1. The first-order chi connectivity index (χ1) is 13.9. The highest BCUT2D eigenvalue weighted by atomic mass is 32.1. The highest BCUT2D eigenvalue weighted by Crippen LogP contribution is 2.39. The summed E-state index contributed by atoms with van der Waals surface area (Å²) in [4.78, 5) is 40.2. The molecule has 0 saturated carbocycles. The Morgan fingerprint density at radius 3 is 2.45 bits per heavy atom. The largest absolute Gasteiger partial charge is 0.369 e. The first-order valence-electron chi connectivity index (χ1n) is 9.93. The highest BCUT2D eigenvalue weighted by Gasteiger charge is 2.27. The van der Waals surface area contributed by atoms with Crippen molar-refractivity contribution >= 4 is 33.9 Å². The number of benzene rings is 1. The maximum Gasteiger partial charge on any atom is 0.239 e. The van der Waals surface area contributed by atoms with Crippen molar-refractivity contribution in [2.45, 2.75) is 45.6 Å². The third kappa shape index (κ3) is 5.10. The maximum absolute atomic E-state index is 13.2. The van der Waals surface area contributed by atoms with Gasteiger partial charge in [0.1, 0.15) is 5.00 Å². The number of ketones is 1. The molecule has 2 amide bonds. The Bertz CT molecular complexity index is 906. The van der Waals surface area contributed by atoms with Gasteiger partial charge in [-0.2, -0.15) is 0 Å². The molecule has 1 aliphatic carbocycles. The van der Waals surface area contributed by atoms with E-state index in [9.17, 15) is 14.4 Å². The van der Waals surface area contributed by atoms with Crippen molar-refractivity contribution in [1.82, 2.24) is 4.90 Å². The average molecular weight is 414 g/mol. The van der Waals surface area contributed by atoms with E-state index in [0.717, 1.165) is 31.2 Å². The molecule has 3 N–H and O–H groups in total. The Balaban J connectivity index is 1.87. The molecule has 1 heterocycles. The zero-order chi connectivity index (χ0) is 21.0. The number of amides is 2. The van der Waals surface area contributed by atoms with E-state index in [0.29, 0.717) is 16.1 Å². The fourth-order valence-electron chi connectivity index (χ4n) is 3.60. The lowest BCUT2D eigenvalue weighted by Crippen LogP contribution is -2.43. The number of hydrogen-bond acceptors (Lipinski definition) is 5. The molecule has 0 aliphatic heterocycles. The minimum absolute atomic E-state index is 0.00443. The molecule has 154 valence electrons. The molecule has 3 rings (SSSR count). The van der Waals surface area contributed by atoms with Gasteiger partial charge in [-0.05, 0) is 45.1 Å². The number of nitrogens with two attached hydrogens (primary N) is 1. The summed E-state index contributed by atoms with van der Waals surface area (Å²) in [5, 5.41) is 3.55. The van der Waals surface area contributed by atoms with Crippen molar-refractivity contribution in [3.63, 3.8) is 0 Å². The van der Waals surface area contributed by atoms with Crippen LogP contribution in [0.5, 0.6) is 0 Å². The summed E-state index contributed by atoms with van der Waals surface area (Å²) in [6.07, 6.45) is 3.94. The molecule has 0 unspecified atom stereocenters. The summed E-state index contributed by atoms with van der Waals surface area (Å²) in [5.74, 6) is -0.781. The second-order valence-corrected chi connectivity index (χ2v) is 8.73. The number of hydrogen-bond donors (Lipinski definition) is 2. The third-order valence-electron chi connectivity index (χ3n) is 5.12. The van der Waals surface area contributed by atoms with Gasteiger partial charge >= 0.3 is 0 Å². The topological polar surface area (TPSA) is 92.5 Å². The number of carbonyl (C=O) groups excluding carboxylic acids is 3. The Morgan fingerprint density at radius 2 is 1.79 bits per heavy atom. The first kappa shape index (κ1) is 21.2. The van der Waals surface area contributed by atoms with Gasteiger partial charge in [0.25, 0.3) is 0 Å². The number of fused-ring (bicyclic) bond motifs is 1. The molecule has 0 radical (unpaired) electrons. The van der Waals surface area contributed by atoms with Crippen LogP contribution in [0.3, 0.4) is 0 Å². The van der Waals surface area contributed by atoms with Crippen LogP contribution in [0.15, 0.2) is 30.3 Å². The van der Waals surface area contributed by atoms with E-state index < -0.39 is 5.91 Å². The zero-order valence-electron chi connectivity index (χ0n) is 16.9. The molecular formula is C22H27N3O3S. The predicted octanol–water partition coefficient (Wildman–Crippen LogP) is 2.99. The lowest BCUT2D eigenvalue weighted by molar-refractivity contribution is -0.121. The predicted molar refractivity (Wildman–Crippen MR) is 115 cm³/mol. The second-order valence-electron chi connectivity index (χ2n) is 7.62. The standard InChI is InChI=1S/C22H27N3O3S/c1-14(2)25(12-18(23)26)13-19(27)24-22-20(16-10-6-7-11-17(16)29-22)21(28)15-8-4-3-5-9-15/h3-5,8-9,14H,6-7,10-13H2,1-2H3,(H2,23,26)(H,24,27). The summed E-state index contributed by atoms with van der Waals surface area (Å²) in [7, 11) is 0. The van der Waals surface area contributed by atoms with Crippen LogP contribution in [-0.2, 0) is 22.4 Å². The van der Waals surface area contributed by atoms with Crippen LogP contribution in [-0.4, -0.2) is 41.6 Å². The molecule has 0 saturated heterocycles. The molecule has 1 aliphatic rings. The van der Waals surface area contributed by atoms with Crippen LogP contribution in [0.1, 0.15) is 53.1 Å². The molecule has 0 spiro atoms. The lowest BCUT2D eigenvalue weighted by atomic mass is 9.92. The molecule has 1 aromatic carbocycles. The molecule has 2 aromatic rings. The van der Waals surface area contributed by atoms with Crippen LogP contribution in [0.2, 0.25) is 0 Å². The second kappa shape index (κ2) is 9.33. The van der Waals surface area contributed by atoms with Crippen molar-refractivity contribution in [1.29, 1.82) is 0 Å².